The van der Waals surface area contributed by atoms with E-state index in [2.05, 4.69) is 20.1 Å². The molecule has 0 spiro atoms. The highest BCUT2D eigenvalue weighted by molar-refractivity contribution is 7.99. The third kappa shape index (κ3) is 3.22. The van der Waals surface area contributed by atoms with Crippen LogP contribution in [0.2, 0.25) is 0 Å². The Kier molecular flexibility index (Phi) is 4.67. The number of rotatable bonds is 5. The molecule has 7 nitrogen and oxygen atoms in total. The number of carbonyl (C=O) groups is 2. The summed E-state index contributed by atoms with van der Waals surface area (Å²) in [7, 11) is 0. The highest BCUT2D eigenvalue weighted by Crippen LogP contribution is 2.42. The predicted octanol–water partition coefficient (Wildman–Crippen LogP) is 4.20. The summed E-state index contributed by atoms with van der Waals surface area (Å²) in [4.78, 5) is 28.6. The Balaban J connectivity index is 1.41. The van der Waals surface area contributed by atoms with Crippen LogP contribution in [0.3, 0.4) is 0 Å². The molecule has 1 aromatic carbocycles. The van der Waals surface area contributed by atoms with E-state index in [4.69, 9.17) is 0 Å². The second kappa shape index (κ2) is 7.24. The topological polar surface area (TPSA) is 80.1 Å². The Morgan fingerprint density at radius 1 is 1.23 bits per heavy atom. The molecular formula is C21H21N5O2S2. The summed E-state index contributed by atoms with van der Waals surface area (Å²) >= 11 is 3.02. The van der Waals surface area contributed by atoms with Crippen LogP contribution in [-0.4, -0.2) is 37.9 Å². The number of benzene rings is 1. The summed E-state index contributed by atoms with van der Waals surface area (Å²) < 4.78 is 2.16. The molecule has 0 saturated heterocycles. The molecule has 1 saturated carbocycles. The van der Waals surface area contributed by atoms with Gasteiger partial charge < -0.3 is 5.32 Å². The number of aromatic nitrogens is 3. The minimum absolute atomic E-state index is 0.129. The zero-order valence-corrected chi connectivity index (χ0v) is 18.3. The lowest BCUT2D eigenvalue weighted by Crippen LogP contribution is -2.59. The largest absolute Gasteiger partial charge is 0.322 e. The van der Waals surface area contributed by atoms with Crippen molar-refractivity contribution in [2.45, 2.75) is 43.4 Å². The van der Waals surface area contributed by atoms with Crippen LogP contribution in [0.1, 0.15) is 32.7 Å². The molecule has 2 amide bonds. The van der Waals surface area contributed by atoms with E-state index in [0.29, 0.717) is 11.7 Å². The van der Waals surface area contributed by atoms with E-state index in [1.54, 1.807) is 30.1 Å². The molecule has 0 unspecified atom stereocenters. The van der Waals surface area contributed by atoms with Crippen LogP contribution in [0.4, 0.5) is 11.4 Å². The minimum atomic E-state index is -0.974. The lowest BCUT2D eigenvalue weighted by molar-refractivity contribution is -0.125. The van der Waals surface area contributed by atoms with Gasteiger partial charge in [-0.05, 0) is 50.3 Å². The molecule has 5 rings (SSSR count). The molecule has 1 aliphatic heterocycles. The highest BCUT2D eigenvalue weighted by atomic mass is 32.2. The van der Waals surface area contributed by atoms with E-state index in [9.17, 15) is 9.59 Å². The third-order valence-corrected chi connectivity index (χ3v) is 7.19. The Hall–Kier alpha value is -2.65. The maximum Gasteiger partial charge on any atom is 0.250 e. The van der Waals surface area contributed by atoms with Crippen molar-refractivity contribution in [1.29, 1.82) is 0 Å². The molecule has 9 heteroatoms. The number of thiophene rings is 1. The van der Waals surface area contributed by atoms with E-state index in [0.717, 1.165) is 34.4 Å². The molecule has 0 radical (unpaired) electrons. The van der Waals surface area contributed by atoms with Gasteiger partial charge in [0.25, 0.3) is 0 Å². The number of anilines is 2. The second-order valence-electron chi connectivity index (χ2n) is 7.93. The van der Waals surface area contributed by atoms with Crippen LogP contribution in [0.15, 0.2) is 46.9 Å². The third-order valence-electron chi connectivity index (χ3n) is 5.40. The smallest absolute Gasteiger partial charge is 0.250 e. The molecule has 3 heterocycles. The Morgan fingerprint density at radius 3 is 2.77 bits per heavy atom. The zero-order valence-electron chi connectivity index (χ0n) is 16.7. The van der Waals surface area contributed by atoms with Gasteiger partial charge in [-0.25, -0.2) is 0 Å². The van der Waals surface area contributed by atoms with E-state index in [1.165, 1.54) is 11.8 Å². The Labute approximate surface area is 182 Å². The fraction of sp³-hybridized carbons (Fsp3) is 0.333. The van der Waals surface area contributed by atoms with Gasteiger partial charge in [-0.2, -0.15) is 0 Å². The lowest BCUT2D eigenvalue weighted by Gasteiger charge is -2.42. The van der Waals surface area contributed by atoms with Crippen molar-refractivity contribution in [3.8, 4) is 10.7 Å². The summed E-state index contributed by atoms with van der Waals surface area (Å²) in [6, 6.07) is 11.8. The number of para-hydroxylation sites is 2. The number of nitrogens with zero attached hydrogens (tertiary/aromatic N) is 4. The van der Waals surface area contributed by atoms with Crippen molar-refractivity contribution in [1.82, 2.24) is 14.8 Å². The molecule has 30 heavy (non-hydrogen) atoms. The monoisotopic (exact) mass is 439 g/mol. The van der Waals surface area contributed by atoms with Crippen LogP contribution in [0.25, 0.3) is 10.7 Å². The van der Waals surface area contributed by atoms with Gasteiger partial charge in [0.05, 0.1) is 22.0 Å². The van der Waals surface area contributed by atoms with Crippen molar-refractivity contribution in [3.05, 3.63) is 41.8 Å². The maximum absolute atomic E-state index is 13.3. The molecule has 154 valence electrons. The first-order chi connectivity index (χ1) is 14.5. The molecule has 3 aromatic rings. The fourth-order valence-electron chi connectivity index (χ4n) is 3.70. The van der Waals surface area contributed by atoms with E-state index in [-0.39, 0.29) is 17.6 Å². The first-order valence-electron chi connectivity index (χ1n) is 9.82. The highest BCUT2D eigenvalue weighted by Gasteiger charge is 2.43. The van der Waals surface area contributed by atoms with Gasteiger partial charge in [0.1, 0.15) is 5.54 Å². The average Bonchev–Trinajstić information content (AvgIpc) is 3.24. The van der Waals surface area contributed by atoms with Crippen LogP contribution in [0.5, 0.6) is 0 Å². The summed E-state index contributed by atoms with van der Waals surface area (Å²) in [5, 5.41) is 14.5. The summed E-state index contributed by atoms with van der Waals surface area (Å²) in [6.07, 6.45) is 2.20. The number of hydrogen-bond donors (Lipinski definition) is 1. The van der Waals surface area contributed by atoms with Gasteiger partial charge in [-0.15, -0.1) is 21.5 Å². The van der Waals surface area contributed by atoms with Gasteiger partial charge in [0, 0.05) is 6.04 Å². The first-order valence-corrected chi connectivity index (χ1v) is 11.7. The zero-order chi connectivity index (χ0) is 20.9. The van der Waals surface area contributed by atoms with Crippen LogP contribution in [-0.2, 0) is 9.59 Å². The van der Waals surface area contributed by atoms with Gasteiger partial charge >= 0.3 is 0 Å². The molecule has 1 N–H and O–H groups in total. The van der Waals surface area contributed by atoms with E-state index in [1.807, 2.05) is 41.8 Å². The fourth-order valence-corrected chi connectivity index (χ4v) is 5.26. The van der Waals surface area contributed by atoms with Gasteiger partial charge in [0.15, 0.2) is 11.0 Å². The van der Waals surface area contributed by atoms with Crippen molar-refractivity contribution < 1.29 is 9.59 Å². The molecule has 0 atom stereocenters. The standard InChI is InChI=1S/C21H21N5O2S2/c1-21(2)19(28)22-14-6-3-4-7-15(14)26(21)17(27)12-30-20-24-23-18(16-8-5-11-29-16)25(20)13-9-10-13/h3-8,11,13H,9-10,12H2,1-2H3,(H,22,28). The number of nitrogens with one attached hydrogen (secondary N) is 1. The summed E-state index contributed by atoms with van der Waals surface area (Å²) in [5.74, 6) is 0.724. The van der Waals surface area contributed by atoms with Crippen LogP contribution >= 0.6 is 23.1 Å². The number of carbonyl (C=O) groups excluding carboxylic acids is 2. The van der Waals surface area contributed by atoms with Gasteiger partial charge in [-0.1, -0.05) is 30.0 Å². The molecule has 1 fully saturated rings. The molecule has 0 bridgehead atoms. The number of hydrogen-bond acceptors (Lipinski definition) is 6. The van der Waals surface area contributed by atoms with Crippen molar-refractivity contribution >= 4 is 46.3 Å². The second-order valence-corrected chi connectivity index (χ2v) is 9.82. The maximum atomic E-state index is 13.3. The van der Waals surface area contributed by atoms with E-state index >= 15 is 0 Å². The number of thioether (sulfide) groups is 1. The quantitative estimate of drug-likeness (QED) is 0.603. The number of amides is 2. The van der Waals surface area contributed by atoms with Gasteiger partial charge in [-0.3, -0.25) is 19.1 Å². The van der Waals surface area contributed by atoms with E-state index < -0.39 is 5.54 Å². The molecule has 2 aromatic heterocycles. The SMILES string of the molecule is CC1(C)C(=O)Nc2ccccc2N1C(=O)CSc1nnc(-c2cccs2)n1C1CC1. The van der Waals surface area contributed by atoms with Gasteiger partial charge in [0.2, 0.25) is 11.8 Å². The summed E-state index contributed by atoms with van der Waals surface area (Å²) in [6.45, 7) is 3.53. The number of fused-ring (bicyclic) bond motifs is 1. The van der Waals surface area contributed by atoms with Crippen molar-refractivity contribution in [2.24, 2.45) is 0 Å². The predicted molar refractivity (Wildman–Crippen MR) is 119 cm³/mol. The van der Waals surface area contributed by atoms with Crippen LogP contribution in [0, 0.1) is 0 Å². The first kappa shape index (κ1) is 19.3. The molecule has 2 aliphatic rings. The Morgan fingerprint density at radius 2 is 2.03 bits per heavy atom. The van der Waals surface area contributed by atoms with Crippen molar-refractivity contribution in [2.75, 3.05) is 16.0 Å². The Bertz CT molecular complexity index is 1120. The minimum Gasteiger partial charge on any atom is -0.322 e. The summed E-state index contributed by atoms with van der Waals surface area (Å²) in [5.41, 5.74) is 0.398. The van der Waals surface area contributed by atoms with Crippen LogP contribution < -0.4 is 10.2 Å². The average molecular weight is 440 g/mol. The lowest BCUT2D eigenvalue weighted by atomic mass is 9.96. The molecule has 1 aliphatic carbocycles. The normalized spacial score (nSPS) is 17.5. The van der Waals surface area contributed by atoms with Crippen molar-refractivity contribution in [3.63, 3.8) is 0 Å². The molecular weight excluding hydrogens is 418 g/mol.